The molecule has 0 heterocycles. The third kappa shape index (κ3) is 3.34. The first-order valence-corrected chi connectivity index (χ1v) is 6.48. The number of carbonyl (C=O) groups excluding carboxylic acids is 1. The maximum Gasteiger partial charge on any atom is 0.304 e. The number of hydrogen-bond acceptors (Lipinski definition) is 4. The lowest BCUT2D eigenvalue weighted by Gasteiger charge is -2.08. The molecule has 0 saturated heterocycles. The van der Waals surface area contributed by atoms with Gasteiger partial charge in [-0.05, 0) is 24.3 Å². The monoisotopic (exact) mass is 353 g/mol. The Morgan fingerprint density at radius 3 is 2.57 bits per heavy atom. The minimum atomic E-state index is -1.03. The molecule has 0 saturated carbocycles. The zero-order chi connectivity index (χ0) is 15.6. The molecule has 0 radical (unpaired) electrons. The highest BCUT2D eigenvalue weighted by Gasteiger charge is 2.16. The highest BCUT2D eigenvalue weighted by Crippen LogP contribution is 2.23. The van der Waals surface area contributed by atoms with Gasteiger partial charge in [0.2, 0.25) is 5.82 Å². The molecule has 2 aromatic rings. The number of rotatable bonds is 3. The molecule has 0 atom stereocenters. The van der Waals surface area contributed by atoms with Gasteiger partial charge in [-0.25, -0.2) is 0 Å². The van der Waals surface area contributed by atoms with Crippen LogP contribution in [0.1, 0.15) is 10.4 Å². The lowest BCUT2D eigenvalue weighted by molar-refractivity contribution is -0.387. The van der Waals surface area contributed by atoms with Crippen molar-refractivity contribution in [2.24, 2.45) is 0 Å². The maximum absolute atomic E-state index is 13.5. The third-order valence-corrected chi connectivity index (χ3v) is 3.15. The van der Waals surface area contributed by atoms with Crippen LogP contribution in [0.4, 0.5) is 21.5 Å². The van der Waals surface area contributed by atoms with E-state index in [1.807, 2.05) is 0 Å². The van der Waals surface area contributed by atoms with E-state index in [1.54, 1.807) is 12.1 Å². The molecule has 108 valence electrons. The number of nitrogens with zero attached hydrogens (tertiary/aromatic N) is 1. The van der Waals surface area contributed by atoms with E-state index in [0.29, 0.717) is 0 Å². The van der Waals surface area contributed by atoms with Crippen molar-refractivity contribution in [1.29, 1.82) is 0 Å². The van der Waals surface area contributed by atoms with Gasteiger partial charge in [0.25, 0.3) is 5.91 Å². The SMILES string of the molecule is Nc1cc(Br)ccc1C(=O)Nc1ccc([N+](=O)[O-])c(F)c1. The molecule has 0 unspecified atom stereocenters. The average Bonchev–Trinajstić information content (AvgIpc) is 2.37. The van der Waals surface area contributed by atoms with Crippen molar-refractivity contribution >= 4 is 38.9 Å². The number of carbonyl (C=O) groups is 1. The van der Waals surface area contributed by atoms with Crippen LogP contribution >= 0.6 is 15.9 Å². The van der Waals surface area contributed by atoms with Gasteiger partial charge in [-0.2, -0.15) is 4.39 Å². The normalized spacial score (nSPS) is 10.2. The molecule has 2 aromatic carbocycles. The van der Waals surface area contributed by atoms with E-state index >= 15 is 0 Å². The highest BCUT2D eigenvalue weighted by molar-refractivity contribution is 9.10. The number of amides is 1. The number of hydrogen-bond donors (Lipinski definition) is 2. The molecule has 0 bridgehead atoms. The van der Waals surface area contributed by atoms with Gasteiger partial charge in [0.15, 0.2) is 0 Å². The van der Waals surface area contributed by atoms with Crippen LogP contribution < -0.4 is 11.1 Å². The molecule has 3 N–H and O–H groups in total. The van der Waals surface area contributed by atoms with E-state index in [0.717, 1.165) is 16.6 Å². The molecule has 21 heavy (non-hydrogen) atoms. The first-order valence-electron chi connectivity index (χ1n) is 5.69. The van der Waals surface area contributed by atoms with Crippen molar-refractivity contribution in [2.45, 2.75) is 0 Å². The van der Waals surface area contributed by atoms with E-state index in [1.165, 1.54) is 12.1 Å². The molecule has 0 fully saturated rings. The zero-order valence-electron chi connectivity index (χ0n) is 10.5. The molecule has 0 aliphatic rings. The van der Waals surface area contributed by atoms with E-state index in [2.05, 4.69) is 21.2 Å². The predicted molar refractivity (Wildman–Crippen MR) is 79.6 cm³/mol. The predicted octanol–water partition coefficient (Wildman–Crippen LogP) is 3.33. The summed E-state index contributed by atoms with van der Waals surface area (Å²) in [4.78, 5) is 21.7. The van der Waals surface area contributed by atoms with Gasteiger partial charge >= 0.3 is 5.69 Å². The number of halogens is 2. The Bertz CT molecular complexity index is 737. The lowest BCUT2D eigenvalue weighted by Crippen LogP contribution is -2.14. The summed E-state index contributed by atoms with van der Waals surface area (Å²) in [5, 5.41) is 12.9. The van der Waals surface area contributed by atoms with Crippen LogP contribution in [0, 0.1) is 15.9 Å². The van der Waals surface area contributed by atoms with Gasteiger partial charge in [0.05, 0.1) is 10.5 Å². The number of nitro groups is 1. The standard InChI is InChI=1S/C13H9BrFN3O3/c14-7-1-3-9(11(16)5-7)13(19)17-8-2-4-12(18(20)21)10(15)6-8/h1-6H,16H2,(H,17,19). The Kier molecular flexibility index (Phi) is 4.18. The van der Waals surface area contributed by atoms with Crippen LogP contribution in [-0.2, 0) is 0 Å². The second-order valence-corrected chi connectivity index (χ2v) is 5.02. The van der Waals surface area contributed by atoms with Gasteiger partial charge in [-0.3, -0.25) is 14.9 Å². The summed E-state index contributed by atoms with van der Waals surface area (Å²) in [6.45, 7) is 0. The minimum absolute atomic E-state index is 0.102. The topological polar surface area (TPSA) is 98.3 Å². The Labute approximate surface area is 127 Å². The molecule has 8 heteroatoms. The van der Waals surface area contributed by atoms with Crippen LogP contribution in [0.2, 0.25) is 0 Å². The van der Waals surface area contributed by atoms with Crippen LogP contribution in [0.3, 0.4) is 0 Å². The van der Waals surface area contributed by atoms with Gasteiger partial charge in [-0.15, -0.1) is 0 Å². The summed E-state index contributed by atoms with van der Waals surface area (Å²) in [6, 6.07) is 7.82. The largest absolute Gasteiger partial charge is 0.398 e. The fraction of sp³-hybridized carbons (Fsp3) is 0. The molecular formula is C13H9BrFN3O3. The fourth-order valence-corrected chi connectivity index (χ4v) is 2.05. The quantitative estimate of drug-likeness (QED) is 0.502. The van der Waals surface area contributed by atoms with Crippen LogP contribution in [-0.4, -0.2) is 10.8 Å². The van der Waals surface area contributed by atoms with E-state index in [-0.39, 0.29) is 16.9 Å². The van der Waals surface area contributed by atoms with Gasteiger partial charge in [0.1, 0.15) is 0 Å². The Hall–Kier alpha value is -2.48. The molecule has 0 aliphatic heterocycles. The first-order chi connectivity index (χ1) is 9.88. The third-order valence-electron chi connectivity index (χ3n) is 2.66. The van der Waals surface area contributed by atoms with E-state index in [4.69, 9.17) is 5.73 Å². The summed E-state index contributed by atoms with van der Waals surface area (Å²) in [6.07, 6.45) is 0. The number of anilines is 2. The lowest BCUT2D eigenvalue weighted by atomic mass is 10.1. The van der Waals surface area contributed by atoms with Crippen molar-refractivity contribution in [1.82, 2.24) is 0 Å². The van der Waals surface area contributed by atoms with Crippen LogP contribution in [0.5, 0.6) is 0 Å². The number of nitrogen functional groups attached to an aromatic ring is 1. The molecule has 0 spiro atoms. The average molecular weight is 354 g/mol. The summed E-state index contributed by atoms with van der Waals surface area (Å²) in [5.41, 5.74) is 5.63. The van der Waals surface area contributed by atoms with E-state index < -0.39 is 22.3 Å². The molecule has 6 nitrogen and oxygen atoms in total. The molecule has 0 aliphatic carbocycles. The van der Waals surface area contributed by atoms with Gasteiger partial charge in [0, 0.05) is 28.0 Å². The second kappa shape index (κ2) is 5.88. The molecular weight excluding hydrogens is 345 g/mol. The fourth-order valence-electron chi connectivity index (χ4n) is 1.67. The Morgan fingerprint density at radius 1 is 1.29 bits per heavy atom. The van der Waals surface area contributed by atoms with Crippen molar-refractivity contribution in [3.63, 3.8) is 0 Å². The summed E-state index contributed by atoms with van der Waals surface area (Å²) < 4.78 is 14.2. The maximum atomic E-state index is 13.5. The van der Waals surface area contributed by atoms with Crippen molar-refractivity contribution in [3.8, 4) is 0 Å². The number of nitrogens with two attached hydrogens (primary N) is 1. The van der Waals surface area contributed by atoms with Crippen molar-refractivity contribution in [2.75, 3.05) is 11.1 Å². The first kappa shape index (κ1) is 14.9. The van der Waals surface area contributed by atoms with Crippen molar-refractivity contribution < 1.29 is 14.1 Å². The molecule has 1 amide bonds. The number of benzene rings is 2. The summed E-state index contributed by atoms with van der Waals surface area (Å²) in [7, 11) is 0. The summed E-state index contributed by atoms with van der Waals surface area (Å²) in [5.74, 6) is -1.56. The highest BCUT2D eigenvalue weighted by atomic mass is 79.9. The Balaban J connectivity index is 2.23. The minimum Gasteiger partial charge on any atom is -0.398 e. The second-order valence-electron chi connectivity index (χ2n) is 4.11. The van der Waals surface area contributed by atoms with E-state index in [9.17, 15) is 19.3 Å². The van der Waals surface area contributed by atoms with Gasteiger partial charge < -0.3 is 11.1 Å². The molecule has 0 aromatic heterocycles. The number of nitro benzene ring substituents is 1. The van der Waals surface area contributed by atoms with Gasteiger partial charge in [-0.1, -0.05) is 15.9 Å². The summed E-state index contributed by atoms with van der Waals surface area (Å²) >= 11 is 3.22. The number of nitrogens with one attached hydrogen (secondary N) is 1. The van der Waals surface area contributed by atoms with Crippen molar-refractivity contribution in [3.05, 3.63) is 62.4 Å². The van der Waals surface area contributed by atoms with Crippen LogP contribution in [0.25, 0.3) is 0 Å². The zero-order valence-corrected chi connectivity index (χ0v) is 12.1. The smallest absolute Gasteiger partial charge is 0.304 e. The Morgan fingerprint density at radius 2 is 2.00 bits per heavy atom. The van der Waals surface area contributed by atoms with Crippen LogP contribution in [0.15, 0.2) is 40.9 Å². The molecule has 2 rings (SSSR count).